The maximum atomic E-state index is 11.5. The topological polar surface area (TPSA) is 79.8 Å². The monoisotopic (exact) mass is 263 g/mol. The Hall–Kier alpha value is -1.95. The van der Waals surface area contributed by atoms with Crippen LogP contribution in [0.1, 0.15) is 5.56 Å². The van der Waals surface area contributed by atoms with Crippen molar-refractivity contribution in [3.8, 4) is 0 Å². The van der Waals surface area contributed by atoms with E-state index in [2.05, 4.69) is 15.8 Å². The standard InChI is InChI=1S/C13H17N3O3/c17-13(19-9-10-4-2-1-3-5-10)15-7-11-6-14-8-12(11)16-18/h1-5,11-12,14H,6-9H2,(H,15,17)/t11-,12?/m0/s1. The average Bonchev–Trinajstić information content (AvgIpc) is 2.91. The fourth-order valence-electron chi connectivity index (χ4n) is 2.04. The van der Waals surface area contributed by atoms with Gasteiger partial charge in [0.05, 0.1) is 0 Å². The molecule has 6 nitrogen and oxygen atoms in total. The molecule has 102 valence electrons. The van der Waals surface area contributed by atoms with Gasteiger partial charge in [-0.1, -0.05) is 35.5 Å². The number of nitroso groups, excluding NO2 is 1. The summed E-state index contributed by atoms with van der Waals surface area (Å²) in [6.07, 6.45) is -0.472. The third kappa shape index (κ3) is 4.03. The Labute approximate surface area is 111 Å². The predicted molar refractivity (Wildman–Crippen MR) is 70.6 cm³/mol. The highest BCUT2D eigenvalue weighted by atomic mass is 16.5. The molecule has 1 amide bonds. The van der Waals surface area contributed by atoms with Crippen LogP contribution in [-0.2, 0) is 11.3 Å². The maximum Gasteiger partial charge on any atom is 0.407 e. The minimum absolute atomic E-state index is 0.0433. The van der Waals surface area contributed by atoms with E-state index in [0.717, 1.165) is 5.56 Å². The highest BCUT2D eigenvalue weighted by Crippen LogP contribution is 2.11. The van der Waals surface area contributed by atoms with Crippen molar-refractivity contribution < 1.29 is 9.53 Å². The first kappa shape index (κ1) is 13.5. The quantitative estimate of drug-likeness (QED) is 0.784. The lowest BCUT2D eigenvalue weighted by molar-refractivity contribution is 0.138. The van der Waals surface area contributed by atoms with Crippen LogP contribution in [0.4, 0.5) is 4.79 Å². The summed E-state index contributed by atoms with van der Waals surface area (Å²) in [5.41, 5.74) is 0.938. The lowest BCUT2D eigenvalue weighted by atomic mass is 10.1. The zero-order chi connectivity index (χ0) is 13.5. The number of carbonyl (C=O) groups is 1. The van der Waals surface area contributed by atoms with Crippen molar-refractivity contribution >= 4 is 6.09 Å². The summed E-state index contributed by atoms with van der Waals surface area (Å²) in [6.45, 7) is 1.91. The van der Waals surface area contributed by atoms with Crippen molar-refractivity contribution in [1.82, 2.24) is 10.6 Å². The second-order valence-corrected chi connectivity index (χ2v) is 4.53. The van der Waals surface area contributed by atoms with Crippen LogP contribution < -0.4 is 10.6 Å². The molecule has 1 aromatic carbocycles. The number of benzene rings is 1. The molecule has 0 radical (unpaired) electrons. The first-order valence-corrected chi connectivity index (χ1v) is 6.27. The van der Waals surface area contributed by atoms with Gasteiger partial charge in [-0.2, -0.15) is 4.91 Å². The number of rotatable bonds is 5. The Balaban J connectivity index is 1.69. The summed E-state index contributed by atoms with van der Waals surface area (Å²) in [5.74, 6) is 0.0433. The summed E-state index contributed by atoms with van der Waals surface area (Å²) < 4.78 is 5.08. The lowest BCUT2D eigenvalue weighted by Crippen LogP contribution is -2.34. The third-order valence-electron chi connectivity index (χ3n) is 3.16. The van der Waals surface area contributed by atoms with Gasteiger partial charge >= 0.3 is 6.09 Å². The predicted octanol–water partition coefficient (Wildman–Crippen LogP) is 1.27. The maximum absolute atomic E-state index is 11.5. The van der Waals surface area contributed by atoms with Gasteiger partial charge in [-0.05, 0) is 5.56 Å². The van der Waals surface area contributed by atoms with Crippen LogP contribution in [0.2, 0.25) is 0 Å². The fourth-order valence-corrected chi connectivity index (χ4v) is 2.04. The second kappa shape index (κ2) is 6.84. The van der Waals surface area contributed by atoms with E-state index in [1.54, 1.807) is 0 Å². The molecule has 2 rings (SSSR count). The molecule has 1 aliphatic heterocycles. The molecule has 1 saturated heterocycles. The normalized spacial score (nSPS) is 21.9. The Bertz CT molecular complexity index is 424. The molecule has 1 unspecified atom stereocenters. The summed E-state index contributed by atoms with van der Waals surface area (Å²) in [4.78, 5) is 22.0. The number of ether oxygens (including phenoxy) is 1. The van der Waals surface area contributed by atoms with Crippen LogP contribution in [-0.4, -0.2) is 31.8 Å². The number of hydrogen-bond acceptors (Lipinski definition) is 5. The molecule has 1 aromatic rings. The fraction of sp³-hybridized carbons (Fsp3) is 0.462. The number of alkyl carbamates (subject to hydrolysis) is 1. The Morgan fingerprint density at radius 3 is 2.89 bits per heavy atom. The highest BCUT2D eigenvalue weighted by Gasteiger charge is 2.28. The number of nitrogens with one attached hydrogen (secondary N) is 2. The molecule has 1 aliphatic rings. The van der Waals surface area contributed by atoms with Crippen LogP contribution in [0.5, 0.6) is 0 Å². The molecule has 2 N–H and O–H groups in total. The van der Waals surface area contributed by atoms with Crippen molar-refractivity contribution in [2.45, 2.75) is 12.6 Å². The van der Waals surface area contributed by atoms with Crippen LogP contribution in [0.25, 0.3) is 0 Å². The highest BCUT2D eigenvalue weighted by molar-refractivity contribution is 5.67. The van der Waals surface area contributed by atoms with Crippen molar-refractivity contribution in [2.75, 3.05) is 19.6 Å². The van der Waals surface area contributed by atoms with E-state index >= 15 is 0 Å². The largest absolute Gasteiger partial charge is 0.445 e. The summed E-state index contributed by atoms with van der Waals surface area (Å²) >= 11 is 0. The summed E-state index contributed by atoms with van der Waals surface area (Å²) in [7, 11) is 0. The van der Waals surface area contributed by atoms with Gasteiger partial charge < -0.3 is 15.4 Å². The second-order valence-electron chi connectivity index (χ2n) is 4.53. The number of nitrogens with zero attached hydrogens (tertiary/aromatic N) is 1. The van der Waals surface area contributed by atoms with Crippen molar-refractivity contribution in [3.05, 3.63) is 40.8 Å². The molecule has 0 spiro atoms. The smallest absolute Gasteiger partial charge is 0.407 e. The van der Waals surface area contributed by atoms with E-state index in [4.69, 9.17) is 4.74 Å². The number of carbonyl (C=O) groups excluding carboxylic acids is 1. The van der Waals surface area contributed by atoms with Crippen LogP contribution >= 0.6 is 0 Å². The van der Waals surface area contributed by atoms with Gasteiger partial charge in [0.25, 0.3) is 0 Å². The minimum Gasteiger partial charge on any atom is -0.445 e. The minimum atomic E-state index is -0.472. The Morgan fingerprint density at radius 1 is 1.37 bits per heavy atom. The molecule has 0 aliphatic carbocycles. The molecule has 1 heterocycles. The van der Waals surface area contributed by atoms with E-state index in [1.807, 2.05) is 30.3 Å². The van der Waals surface area contributed by atoms with Crippen LogP contribution in [0.3, 0.4) is 0 Å². The Morgan fingerprint density at radius 2 is 2.16 bits per heavy atom. The summed E-state index contributed by atoms with van der Waals surface area (Å²) in [6, 6.07) is 9.20. The van der Waals surface area contributed by atoms with E-state index in [0.29, 0.717) is 19.6 Å². The van der Waals surface area contributed by atoms with Crippen molar-refractivity contribution in [1.29, 1.82) is 0 Å². The van der Waals surface area contributed by atoms with Gasteiger partial charge in [0.1, 0.15) is 12.6 Å². The third-order valence-corrected chi connectivity index (χ3v) is 3.16. The first-order chi connectivity index (χ1) is 9.29. The van der Waals surface area contributed by atoms with E-state index < -0.39 is 6.09 Å². The van der Waals surface area contributed by atoms with Gasteiger partial charge in [-0.3, -0.25) is 0 Å². The van der Waals surface area contributed by atoms with Gasteiger partial charge in [-0.15, -0.1) is 0 Å². The SMILES string of the molecule is O=NC1CNC[C@H]1CNC(=O)OCc1ccccc1. The number of amides is 1. The molecule has 19 heavy (non-hydrogen) atoms. The van der Waals surface area contributed by atoms with Crippen LogP contribution in [0.15, 0.2) is 35.5 Å². The number of hydrogen-bond donors (Lipinski definition) is 2. The van der Waals surface area contributed by atoms with Gasteiger partial charge in [0.15, 0.2) is 0 Å². The zero-order valence-corrected chi connectivity index (χ0v) is 10.5. The van der Waals surface area contributed by atoms with Crippen molar-refractivity contribution in [2.24, 2.45) is 11.1 Å². The van der Waals surface area contributed by atoms with Crippen molar-refractivity contribution in [3.63, 3.8) is 0 Å². The molecule has 0 bridgehead atoms. The van der Waals surface area contributed by atoms with Gasteiger partial charge in [0.2, 0.25) is 0 Å². The molecule has 2 atom stereocenters. The molecular weight excluding hydrogens is 246 g/mol. The molecule has 6 heteroatoms. The van der Waals surface area contributed by atoms with E-state index in [1.165, 1.54) is 0 Å². The van der Waals surface area contributed by atoms with Crippen LogP contribution in [0, 0.1) is 10.8 Å². The molecule has 1 fully saturated rings. The zero-order valence-electron chi connectivity index (χ0n) is 10.5. The van der Waals surface area contributed by atoms with Gasteiger partial charge in [0, 0.05) is 25.6 Å². The van der Waals surface area contributed by atoms with E-state index in [-0.39, 0.29) is 18.6 Å². The molecular formula is C13H17N3O3. The van der Waals surface area contributed by atoms with Gasteiger partial charge in [-0.25, -0.2) is 4.79 Å². The molecule has 0 aromatic heterocycles. The van der Waals surface area contributed by atoms with E-state index in [9.17, 15) is 9.70 Å². The first-order valence-electron chi connectivity index (χ1n) is 6.27. The molecule has 0 saturated carbocycles. The average molecular weight is 263 g/mol. The summed E-state index contributed by atoms with van der Waals surface area (Å²) in [5, 5.41) is 8.76. The Kier molecular flexibility index (Phi) is 4.85. The lowest BCUT2D eigenvalue weighted by Gasteiger charge is -2.13.